The normalized spacial score (nSPS) is 11.0. The summed E-state index contributed by atoms with van der Waals surface area (Å²) < 4.78 is 1.31. The summed E-state index contributed by atoms with van der Waals surface area (Å²) in [4.78, 5) is 41.4. The number of aliphatic carboxylic acids is 1. The van der Waals surface area contributed by atoms with Crippen molar-refractivity contribution in [3.8, 4) is 0 Å². The van der Waals surface area contributed by atoms with Gasteiger partial charge in [0.05, 0.1) is 6.42 Å². The van der Waals surface area contributed by atoms with Gasteiger partial charge in [0.1, 0.15) is 5.56 Å². The van der Waals surface area contributed by atoms with Gasteiger partial charge in [-0.1, -0.05) is 0 Å². The van der Waals surface area contributed by atoms with E-state index >= 15 is 0 Å². The smallest absolute Gasteiger partial charge is 0.305 e. The van der Waals surface area contributed by atoms with Crippen LogP contribution in [-0.4, -0.2) is 43.9 Å². The van der Waals surface area contributed by atoms with Gasteiger partial charge in [0.25, 0.3) is 11.5 Å². The molecule has 0 atom stereocenters. The number of aromatic nitrogens is 2. The first kappa shape index (κ1) is 15.2. The molecule has 0 saturated heterocycles. The van der Waals surface area contributed by atoms with Crippen molar-refractivity contribution in [2.75, 3.05) is 6.54 Å². The standard InChI is InChI=1S/C13H15N3O4S/c1-8(2)15(4-3-10(17)18)11(19)9-7-14-13-16(12(9)20)5-6-21-13/h5-8H,3-4H2,1-2H3,(H,17,18). The zero-order valence-electron chi connectivity index (χ0n) is 11.6. The SMILES string of the molecule is CC(C)N(CCC(=O)O)C(=O)c1cnc2sccn2c1=O. The van der Waals surface area contributed by atoms with Crippen LogP contribution in [0.2, 0.25) is 0 Å². The Labute approximate surface area is 124 Å². The Morgan fingerprint density at radius 2 is 2.19 bits per heavy atom. The maximum atomic E-state index is 12.5. The number of thiazole rings is 1. The van der Waals surface area contributed by atoms with E-state index in [2.05, 4.69) is 4.98 Å². The number of carboxylic acids is 1. The second kappa shape index (κ2) is 6.04. The van der Waals surface area contributed by atoms with Gasteiger partial charge in [-0.2, -0.15) is 0 Å². The van der Waals surface area contributed by atoms with E-state index in [1.54, 1.807) is 25.4 Å². The van der Waals surface area contributed by atoms with E-state index < -0.39 is 17.4 Å². The van der Waals surface area contributed by atoms with Crippen LogP contribution in [0, 0.1) is 0 Å². The number of amides is 1. The van der Waals surface area contributed by atoms with Crippen LogP contribution < -0.4 is 5.56 Å². The molecular weight excluding hydrogens is 294 g/mol. The predicted octanol–water partition coefficient (Wildman–Crippen LogP) is 1.08. The van der Waals surface area contributed by atoms with Gasteiger partial charge < -0.3 is 10.0 Å². The largest absolute Gasteiger partial charge is 0.481 e. The summed E-state index contributed by atoms with van der Waals surface area (Å²) in [6.07, 6.45) is 2.65. The van der Waals surface area contributed by atoms with Crippen LogP contribution in [-0.2, 0) is 4.79 Å². The number of hydrogen-bond acceptors (Lipinski definition) is 5. The van der Waals surface area contributed by atoms with Gasteiger partial charge >= 0.3 is 5.97 Å². The van der Waals surface area contributed by atoms with E-state index in [-0.39, 0.29) is 24.6 Å². The number of carboxylic acid groups (broad SMARTS) is 1. The molecule has 21 heavy (non-hydrogen) atoms. The van der Waals surface area contributed by atoms with Gasteiger partial charge in [-0.05, 0) is 13.8 Å². The van der Waals surface area contributed by atoms with Crippen molar-refractivity contribution >= 4 is 28.2 Å². The molecule has 2 aromatic heterocycles. The zero-order chi connectivity index (χ0) is 15.6. The molecule has 7 nitrogen and oxygen atoms in total. The molecule has 0 aliphatic heterocycles. The number of hydrogen-bond donors (Lipinski definition) is 1. The number of carbonyl (C=O) groups excluding carboxylic acids is 1. The fraction of sp³-hybridized carbons (Fsp3) is 0.385. The summed E-state index contributed by atoms with van der Waals surface area (Å²) in [6, 6.07) is -0.209. The summed E-state index contributed by atoms with van der Waals surface area (Å²) in [5.41, 5.74) is -0.489. The first-order chi connectivity index (χ1) is 9.91. The van der Waals surface area contributed by atoms with Gasteiger partial charge in [0.15, 0.2) is 4.96 Å². The maximum Gasteiger partial charge on any atom is 0.305 e. The molecule has 2 heterocycles. The van der Waals surface area contributed by atoms with Crippen molar-refractivity contribution in [1.82, 2.24) is 14.3 Å². The topological polar surface area (TPSA) is 92.0 Å². The summed E-state index contributed by atoms with van der Waals surface area (Å²) in [5.74, 6) is -1.49. The summed E-state index contributed by atoms with van der Waals surface area (Å²) in [7, 11) is 0. The molecule has 0 bridgehead atoms. The van der Waals surface area contributed by atoms with E-state index in [9.17, 15) is 14.4 Å². The molecule has 0 aliphatic carbocycles. The number of carbonyl (C=O) groups is 2. The molecular formula is C13H15N3O4S. The molecule has 0 aromatic carbocycles. The highest BCUT2D eigenvalue weighted by Gasteiger charge is 2.23. The molecule has 1 N–H and O–H groups in total. The van der Waals surface area contributed by atoms with Crippen LogP contribution in [0.5, 0.6) is 0 Å². The molecule has 0 aliphatic rings. The predicted molar refractivity (Wildman–Crippen MR) is 77.8 cm³/mol. The Morgan fingerprint density at radius 1 is 1.48 bits per heavy atom. The van der Waals surface area contributed by atoms with Gasteiger partial charge in [-0.25, -0.2) is 4.98 Å². The van der Waals surface area contributed by atoms with E-state index in [1.807, 2.05) is 0 Å². The van der Waals surface area contributed by atoms with Crippen LogP contribution in [0.4, 0.5) is 0 Å². The third-order valence-electron chi connectivity index (χ3n) is 3.02. The van der Waals surface area contributed by atoms with E-state index in [0.29, 0.717) is 4.96 Å². The molecule has 2 aromatic rings. The van der Waals surface area contributed by atoms with E-state index in [0.717, 1.165) is 0 Å². The van der Waals surface area contributed by atoms with Crippen molar-refractivity contribution in [3.63, 3.8) is 0 Å². The van der Waals surface area contributed by atoms with E-state index in [4.69, 9.17) is 5.11 Å². The third kappa shape index (κ3) is 3.10. The van der Waals surface area contributed by atoms with Crippen LogP contribution >= 0.6 is 11.3 Å². The quantitative estimate of drug-likeness (QED) is 0.892. The van der Waals surface area contributed by atoms with Gasteiger partial charge in [-0.15, -0.1) is 11.3 Å². The molecule has 0 spiro atoms. The summed E-state index contributed by atoms with van der Waals surface area (Å²) >= 11 is 1.30. The molecule has 0 radical (unpaired) electrons. The molecule has 112 valence electrons. The Bertz CT molecular complexity index is 734. The Kier molecular flexibility index (Phi) is 4.37. The number of nitrogens with zero attached hydrogens (tertiary/aromatic N) is 3. The van der Waals surface area contributed by atoms with Crippen molar-refractivity contribution in [2.45, 2.75) is 26.3 Å². The lowest BCUT2D eigenvalue weighted by Crippen LogP contribution is -2.41. The maximum absolute atomic E-state index is 12.5. The highest BCUT2D eigenvalue weighted by atomic mass is 32.1. The van der Waals surface area contributed by atoms with Crippen molar-refractivity contribution in [2.24, 2.45) is 0 Å². The fourth-order valence-corrected chi connectivity index (χ4v) is 2.61. The minimum Gasteiger partial charge on any atom is -0.481 e. The monoisotopic (exact) mass is 309 g/mol. The highest BCUT2D eigenvalue weighted by molar-refractivity contribution is 7.15. The van der Waals surface area contributed by atoms with Crippen molar-refractivity contribution in [3.05, 3.63) is 33.7 Å². The second-order valence-electron chi connectivity index (χ2n) is 4.77. The number of fused-ring (bicyclic) bond motifs is 1. The molecule has 8 heteroatoms. The van der Waals surface area contributed by atoms with Gasteiger partial charge in [-0.3, -0.25) is 18.8 Å². The molecule has 2 rings (SSSR count). The lowest BCUT2D eigenvalue weighted by Gasteiger charge is -2.25. The third-order valence-corrected chi connectivity index (χ3v) is 3.79. The second-order valence-corrected chi connectivity index (χ2v) is 5.64. The molecule has 0 unspecified atom stereocenters. The summed E-state index contributed by atoms with van der Waals surface area (Å²) in [5, 5.41) is 10.5. The average Bonchev–Trinajstić information content (AvgIpc) is 2.87. The fourth-order valence-electron chi connectivity index (χ4n) is 1.94. The lowest BCUT2D eigenvalue weighted by molar-refractivity contribution is -0.137. The summed E-state index contributed by atoms with van der Waals surface area (Å²) in [6.45, 7) is 3.60. The van der Waals surface area contributed by atoms with Crippen molar-refractivity contribution in [1.29, 1.82) is 0 Å². The first-order valence-corrected chi connectivity index (χ1v) is 7.27. The molecule has 1 amide bonds. The van der Waals surface area contributed by atoms with Crippen LogP contribution in [0.3, 0.4) is 0 Å². The van der Waals surface area contributed by atoms with E-state index in [1.165, 1.54) is 26.8 Å². The van der Waals surface area contributed by atoms with Crippen molar-refractivity contribution < 1.29 is 14.7 Å². The molecule has 0 saturated carbocycles. The van der Waals surface area contributed by atoms with Crippen LogP contribution in [0.1, 0.15) is 30.6 Å². The molecule has 0 fully saturated rings. The van der Waals surface area contributed by atoms with Gasteiger partial charge in [0.2, 0.25) is 0 Å². The highest BCUT2D eigenvalue weighted by Crippen LogP contribution is 2.09. The Balaban J connectivity index is 2.36. The Morgan fingerprint density at radius 3 is 2.81 bits per heavy atom. The Hall–Kier alpha value is -2.22. The average molecular weight is 309 g/mol. The first-order valence-electron chi connectivity index (χ1n) is 6.39. The van der Waals surface area contributed by atoms with Crippen LogP contribution in [0.15, 0.2) is 22.6 Å². The minimum atomic E-state index is -0.989. The lowest BCUT2D eigenvalue weighted by atomic mass is 10.2. The minimum absolute atomic E-state index is 0.0509. The van der Waals surface area contributed by atoms with Crippen LogP contribution in [0.25, 0.3) is 4.96 Å². The van der Waals surface area contributed by atoms with Gasteiger partial charge in [0, 0.05) is 30.4 Å². The number of rotatable bonds is 5. The zero-order valence-corrected chi connectivity index (χ0v) is 12.5.